The first kappa shape index (κ1) is 10.9. The summed E-state index contributed by atoms with van der Waals surface area (Å²) >= 11 is 1.69. The zero-order valence-electron chi connectivity index (χ0n) is 9.05. The molecule has 1 aromatic rings. The third-order valence-corrected chi connectivity index (χ3v) is 3.57. The van der Waals surface area contributed by atoms with Crippen LogP contribution in [0.4, 0.5) is 0 Å². The van der Waals surface area contributed by atoms with Crippen LogP contribution in [0.2, 0.25) is 0 Å². The van der Waals surface area contributed by atoms with Gasteiger partial charge in [0.05, 0.1) is 6.42 Å². The Bertz CT molecular complexity index is 494. The van der Waals surface area contributed by atoms with Crippen molar-refractivity contribution in [3.05, 3.63) is 58.5 Å². The highest BCUT2D eigenvalue weighted by Gasteiger charge is 2.14. The zero-order chi connectivity index (χ0) is 11.4. The molecular formula is C13H12N2S. The second kappa shape index (κ2) is 4.97. The maximum Gasteiger partial charge on any atom is 0.296 e. The minimum Gasteiger partial charge on any atom is -0.361 e. The van der Waals surface area contributed by atoms with E-state index in [1.54, 1.807) is 11.8 Å². The molecule has 0 unspecified atom stereocenters. The molecule has 3 heteroatoms. The molecule has 0 bridgehead atoms. The first-order valence-electron chi connectivity index (χ1n) is 5.12. The molecule has 0 aliphatic heterocycles. The van der Waals surface area contributed by atoms with E-state index < -0.39 is 0 Å². The third kappa shape index (κ3) is 2.51. The minimum absolute atomic E-state index is 0.710. The van der Waals surface area contributed by atoms with Crippen LogP contribution in [0, 0.1) is 0 Å². The topological polar surface area (TPSA) is 36.4 Å². The molecule has 0 fully saturated rings. The summed E-state index contributed by atoms with van der Waals surface area (Å²) in [5.74, 6) is 0. The lowest BCUT2D eigenvalue weighted by Crippen LogP contribution is -2.01. The van der Waals surface area contributed by atoms with Gasteiger partial charge in [-0.3, -0.25) is 0 Å². The molecule has 0 aromatic heterocycles. The fourth-order valence-electron chi connectivity index (χ4n) is 1.48. The molecule has 0 atom stereocenters. The average Bonchev–Trinajstić information content (AvgIpc) is 2.33. The smallest absolute Gasteiger partial charge is 0.296 e. The van der Waals surface area contributed by atoms with Crippen LogP contribution < -0.4 is 0 Å². The van der Waals surface area contributed by atoms with Crippen LogP contribution in [0.3, 0.4) is 0 Å². The minimum atomic E-state index is 0.710. The van der Waals surface area contributed by atoms with Gasteiger partial charge in [-0.05, 0) is 24.6 Å². The van der Waals surface area contributed by atoms with Crippen molar-refractivity contribution in [2.24, 2.45) is 0 Å². The van der Waals surface area contributed by atoms with Gasteiger partial charge in [0.15, 0.2) is 0 Å². The number of allylic oxidation sites excluding steroid dienone is 3. The zero-order valence-corrected chi connectivity index (χ0v) is 9.87. The van der Waals surface area contributed by atoms with E-state index in [9.17, 15) is 0 Å². The first-order valence-corrected chi connectivity index (χ1v) is 5.94. The van der Waals surface area contributed by atoms with Crippen molar-refractivity contribution in [1.82, 2.24) is 0 Å². The standard InChI is InChI=1S/C13H12N2S/c1-10-7-8-11(15-14)9-13(10)16-12-5-3-2-4-6-12/h2-7,9H,8H2,1H3. The summed E-state index contributed by atoms with van der Waals surface area (Å²) in [6.45, 7) is 2.08. The van der Waals surface area contributed by atoms with E-state index in [2.05, 4.69) is 29.9 Å². The molecule has 0 N–H and O–H groups in total. The van der Waals surface area contributed by atoms with E-state index in [-0.39, 0.29) is 0 Å². The molecule has 0 saturated carbocycles. The number of nitrogens with zero attached hydrogens (tertiary/aromatic N) is 2. The van der Waals surface area contributed by atoms with Gasteiger partial charge in [-0.25, -0.2) is 0 Å². The van der Waals surface area contributed by atoms with E-state index in [1.807, 2.05) is 24.3 Å². The number of hydrogen-bond donors (Lipinski definition) is 0. The van der Waals surface area contributed by atoms with Crippen LogP contribution in [0.25, 0.3) is 5.53 Å². The fraction of sp³-hybridized carbons (Fsp3) is 0.154. The lowest BCUT2D eigenvalue weighted by molar-refractivity contribution is -0.00542. The van der Waals surface area contributed by atoms with Crippen molar-refractivity contribution in [3.63, 3.8) is 0 Å². The van der Waals surface area contributed by atoms with Crippen molar-refractivity contribution in [2.45, 2.75) is 18.2 Å². The van der Waals surface area contributed by atoms with Crippen LogP contribution >= 0.6 is 11.8 Å². The Morgan fingerprint density at radius 2 is 2.00 bits per heavy atom. The molecular weight excluding hydrogens is 216 g/mol. The lowest BCUT2D eigenvalue weighted by Gasteiger charge is -2.09. The molecule has 0 amide bonds. The largest absolute Gasteiger partial charge is 0.361 e. The monoisotopic (exact) mass is 228 g/mol. The van der Waals surface area contributed by atoms with Crippen molar-refractivity contribution in [1.29, 1.82) is 0 Å². The van der Waals surface area contributed by atoms with Crippen molar-refractivity contribution < 1.29 is 4.79 Å². The Hall–Kier alpha value is -1.57. The predicted octanol–water partition coefficient (Wildman–Crippen LogP) is 3.68. The second-order valence-electron chi connectivity index (χ2n) is 3.61. The third-order valence-electron chi connectivity index (χ3n) is 2.40. The summed E-state index contributed by atoms with van der Waals surface area (Å²) in [6, 6.07) is 10.2. The van der Waals surface area contributed by atoms with Crippen molar-refractivity contribution >= 4 is 17.5 Å². The summed E-state index contributed by atoms with van der Waals surface area (Å²) in [7, 11) is 0. The Balaban J connectivity index is 2.24. The molecule has 0 spiro atoms. The van der Waals surface area contributed by atoms with Crippen molar-refractivity contribution in [2.75, 3.05) is 0 Å². The lowest BCUT2D eigenvalue weighted by atomic mass is 10.1. The Morgan fingerprint density at radius 3 is 2.69 bits per heavy atom. The number of rotatable bonds is 2. The summed E-state index contributed by atoms with van der Waals surface area (Å²) in [5, 5.41) is 0. The molecule has 2 nitrogen and oxygen atoms in total. The first-order chi connectivity index (χ1) is 7.79. The van der Waals surface area contributed by atoms with E-state index in [0.29, 0.717) is 12.1 Å². The molecule has 0 saturated heterocycles. The highest BCUT2D eigenvalue weighted by Crippen LogP contribution is 2.33. The second-order valence-corrected chi connectivity index (χ2v) is 4.72. The van der Waals surface area contributed by atoms with Gasteiger partial charge in [-0.2, -0.15) is 4.79 Å². The highest BCUT2D eigenvalue weighted by molar-refractivity contribution is 8.03. The maximum absolute atomic E-state index is 8.77. The van der Waals surface area contributed by atoms with Crippen LogP contribution in [-0.2, 0) is 0 Å². The number of hydrogen-bond acceptors (Lipinski definition) is 1. The van der Waals surface area contributed by atoms with Crippen LogP contribution in [0.5, 0.6) is 0 Å². The molecule has 0 radical (unpaired) electrons. The van der Waals surface area contributed by atoms with Crippen LogP contribution in [0.1, 0.15) is 13.3 Å². The van der Waals surface area contributed by atoms with E-state index in [4.69, 9.17) is 5.53 Å². The van der Waals surface area contributed by atoms with Gasteiger partial charge in [0, 0.05) is 15.9 Å². The quantitative estimate of drug-likeness (QED) is 0.562. The van der Waals surface area contributed by atoms with E-state index in [0.717, 1.165) is 4.91 Å². The summed E-state index contributed by atoms with van der Waals surface area (Å²) in [5.41, 5.74) is 10.7. The van der Waals surface area contributed by atoms with Gasteiger partial charge in [0.1, 0.15) is 0 Å². The number of benzene rings is 1. The normalized spacial score (nSPS) is 15.2. The molecule has 16 heavy (non-hydrogen) atoms. The Morgan fingerprint density at radius 1 is 1.25 bits per heavy atom. The van der Waals surface area contributed by atoms with Crippen molar-refractivity contribution in [3.8, 4) is 0 Å². The molecule has 1 aliphatic rings. The van der Waals surface area contributed by atoms with Gasteiger partial charge < -0.3 is 5.53 Å². The van der Waals surface area contributed by atoms with Crippen LogP contribution in [0.15, 0.2) is 57.9 Å². The molecule has 1 aromatic carbocycles. The van der Waals surface area contributed by atoms with Gasteiger partial charge in [-0.15, -0.1) is 0 Å². The molecule has 0 heterocycles. The van der Waals surface area contributed by atoms with Gasteiger partial charge in [-0.1, -0.05) is 36.0 Å². The van der Waals surface area contributed by atoms with E-state index in [1.165, 1.54) is 10.5 Å². The highest BCUT2D eigenvalue weighted by atomic mass is 32.2. The van der Waals surface area contributed by atoms with Gasteiger partial charge in [0.2, 0.25) is 0 Å². The SMILES string of the molecule is CC1=CCC(=[N+]=[N-])C=C1Sc1ccccc1. The van der Waals surface area contributed by atoms with E-state index >= 15 is 0 Å². The molecule has 1 aliphatic carbocycles. The summed E-state index contributed by atoms with van der Waals surface area (Å²) in [6.07, 6.45) is 4.73. The molecule has 2 rings (SSSR count). The van der Waals surface area contributed by atoms with Gasteiger partial charge in [0.25, 0.3) is 5.71 Å². The maximum atomic E-state index is 8.77. The average molecular weight is 228 g/mol. The number of thioether (sulfide) groups is 1. The van der Waals surface area contributed by atoms with Crippen LogP contribution in [-0.4, -0.2) is 10.5 Å². The Labute approximate surface area is 99.3 Å². The summed E-state index contributed by atoms with van der Waals surface area (Å²) < 4.78 is 0. The summed E-state index contributed by atoms with van der Waals surface area (Å²) in [4.78, 5) is 5.60. The Kier molecular flexibility index (Phi) is 3.40. The fourth-order valence-corrected chi connectivity index (χ4v) is 2.46. The van der Waals surface area contributed by atoms with Gasteiger partial charge >= 0.3 is 0 Å². The molecule has 80 valence electrons. The predicted molar refractivity (Wildman–Crippen MR) is 67.4 cm³/mol.